The minimum atomic E-state index is -0.584. The second kappa shape index (κ2) is 4.13. The highest BCUT2D eigenvalue weighted by molar-refractivity contribution is 7.85. The average molecular weight is 213 g/mol. The molecule has 1 aromatic rings. The summed E-state index contributed by atoms with van der Waals surface area (Å²) in [6.45, 7) is 1.98. The summed E-state index contributed by atoms with van der Waals surface area (Å²) in [5.74, 6) is 2.47. The van der Waals surface area contributed by atoms with E-state index in [2.05, 4.69) is 15.3 Å². The molecule has 0 unspecified atom stereocenters. The molecule has 14 heavy (non-hydrogen) atoms. The summed E-state index contributed by atoms with van der Waals surface area (Å²) in [5, 5.41) is 3.32. The Morgan fingerprint density at radius 3 is 2.86 bits per heavy atom. The first-order valence-electron chi connectivity index (χ1n) is 4.87. The highest BCUT2D eigenvalue weighted by Crippen LogP contribution is 2.13. The summed E-state index contributed by atoms with van der Waals surface area (Å²) < 4.78 is 11.1. The Hall–Kier alpha value is -0.840. The topological polar surface area (TPSA) is 57.8 Å². The fourth-order valence-corrected chi connectivity index (χ4v) is 2.92. The molecule has 1 aliphatic heterocycles. The van der Waals surface area contributed by atoms with Crippen molar-refractivity contribution in [1.82, 2.24) is 9.97 Å². The van der Waals surface area contributed by atoms with E-state index in [0.29, 0.717) is 6.04 Å². The second-order valence-corrected chi connectivity index (χ2v) is 5.38. The molecule has 1 fully saturated rings. The number of anilines is 1. The van der Waals surface area contributed by atoms with E-state index in [9.17, 15) is 4.21 Å². The van der Waals surface area contributed by atoms with Gasteiger partial charge in [-0.1, -0.05) is 0 Å². The SMILES string of the molecule is Cc1cnc(NC2CCS(=O)CC2)[nH]1. The van der Waals surface area contributed by atoms with Crippen molar-refractivity contribution < 1.29 is 4.21 Å². The van der Waals surface area contributed by atoms with Crippen LogP contribution in [0.25, 0.3) is 0 Å². The summed E-state index contributed by atoms with van der Waals surface area (Å²) in [6, 6.07) is 0.429. The number of H-pyrrole nitrogens is 1. The Morgan fingerprint density at radius 1 is 1.57 bits per heavy atom. The van der Waals surface area contributed by atoms with E-state index >= 15 is 0 Å². The van der Waals surface area contributed by atoms with Gasteiger partial charge in [-0.15, -0.1) is 0 Å². The predicted octanol–water partition coefficient (Wildman–Crippen LogP) is 1.04. The molecule has 0 saturated carbocycles. The highest BCUT2D eigenvalue weighted by atomic mass is 32.2. The van der Waals surface area contributed by atoms with Gasteiger partial charge in [0.2, 0.25) is 5.95 Å². The molecule has 2 heterocycles. The standard InChI is InChI=1S/C9H15N3OS/c1-7-6-10-9(11-7)12-8-2-4-14(13)5-3-8/h6,8H,2-5H2,1H3,(H2,10,11,12). The maximum Gasteiger partial charge on any atom is 0.200 e. The number of rotatable bonds is 2. The molecule has 0 spiro atoms. The van der Waals surface area contributed by atoms with E-state index in [0.717, 1.165) is 36.0 Å². The fourth-order valence-electron chi connectivity index (χ4n) is 1.62. The molecule has 4 nitrogen and oxygen atoms in total. The van der Waals surface area contributed by atoms with Crippen LogP contribution < -0.4 is 5.32 Å². The Balaban J connectivity index is 1.89. The fraction of sp³-hybridized carbons (Fsp3) is 0.667. The van der Waals surface area contributed by atoms with Crippen molar-refractivity contribution in [2.45, 2.75) is 25.8 Å². The smallest absolute Gasteiger partial charge is 0.200 e. The highest BCUT2D eigenvalue weighted by Gasteiger charge is 2.17. The summed E-state index contributed by atoms with van der Waals surface area (Å²) >= 11 is 0. The van der Waals surface area contributed by atoms with Crippen molar-refractivity contribution in [3.05, 3.63) is 11.9 Å². The lowest BCUT2D eigenvalue weighted by atomic mass is 10.2. The maximum atomic E-state index is 11.1. The minimum Gasteiger partial charge on any atom is -0.353 e. The van der Waals surface area contributed by atoms with E-state index in [4.69, 9.17) is 0 Å². The normalized spacial score (nSPS) is 27.5. The zero-order valence-corrected chi connectivity index (χ0v) is 9.06. The van der Waals surface area contributed by atoms with Crippen LogP contribution >= 0.6 is 0 Å². The Bertz CT molecular complexity index is 327. The molecule has 0 aromatic carbocycles. The van der Waals surface area contributed by atoms with Gasteiger partial charge >= 0.3 is 0 Å². The summed E-state index contributed by atoms with van der Waals surface area (Å²) in [6.07, 6.45) is 3.77. The van der Waals surface area contributed by atoms with Crippen LogP contribution in [-0.2, 0) is 10.8 Å². The van der Waals surface area contributed by atoms with Crippen molar-refractivity contribution >= 4 is 16.7 Å². The van der Waals surface area contributed by atoms with E-state index in [1.54, 1.807) is 0 Å². The second-order valence-electron chi connectivity index (χ2n) is 3.68. The molecule has 78 valence electrons. The van der Waals surface area contributed by atoms with Crippen LogP contribution in [0.15, 0.2) is 6.20 Å². The molecule has 1 aromatic heterocycles. The van der Waals surface area contributed by atoms with Gasteiger partial charge < -0.3 is 10.3 Å². The first-order valence-corrected chi connectivity index (χ1v) is 6.36. The van der Waals surface area contributed by atoms with Gasteiger partial charge in [-0.3, -0.25) is 4.21 Å². The average Bonchev–Trinajstić information content (AvgIpc) is 2.56. The van der Waals surface area contributed by atoms with Crippen molar-refractivity contribution in [3.63, 3.8) is 0 Å². The van der Waals surface area contributed by atoms with Crippen molar-refractivity contribution in [1.29, 1.82) is 0 Å². The van der Waals surface area contributed by atoms with Gasteiger partial charge in [0.05, 0.1) is 0 Å². The summed E-state index contributed by atoms with van der Waals surface area (Å²) in [4.78, 5) is 7.32. The van der Waals surface area contributed by atoms with Crippen LogP contribution in [0.3, 0.4) is 0 Å². The lowest BCUT2D eigenvalue weighted by Crippen LogP contribution is -2.29. The molecule has 0 amide bonds. The maximum absolute atomic E-state index is 11.1. The van der Waals surface area contributed by atoms with Crippen LogP contribution in [0, 0.1) is 6.92 Å². The van der Waals surface area contributed by atoms with Gasteiger partial charge in [-0.2, -0.15) is 0 Å². The van der Waals surface area contributed by atoms with E-state index in [1.165, 1.54) is 0 Å². The van der Waals surface area contributed by atoms with Gasteiger partial charge in [0.15, 0.2) is 0 Å². The molecule has 2 rings (SSSR count). The van der Waals surface area contributed by atoms with Gasteiger partial charge in [0.25, 0.3) is 0 Å². The zero-order chi connectivity index (χ0) is 9.97. The van der Waals surface area contributed by atoms with E-state index < -0.39 is 10.8 Å². The summed E-state index contributed by atoms with van der Waals surface area (Å²) in [7, 11) is -0.584. The first kappa shape index (κ1) is 9.71. The number of aryl methyl sites for hydroxylation is 1. The van der Waals surface area contributed by atoms with Gasteiger partial charge in [-0.25, -0.2) is 4.98 Å². The third-order valence-electron chi connectivity index (χ3n) is 2.43. The molecule has 1 saturated heterocycles. The number of hydrogen-bond donors (Lipinski definition) is 2. The number of nitrogens with one attached hydrogen (secondary N) is 2. The van der Waals surface area contributed by atoms with Crippen LogP contribution in [0.4, 0.5) is 5.95 Å². The van der Waals surface area contributed by atoms with E-state index in [-0.39, 0.29) is 0 Å². The molecule has 1 aliphatic rings. The van der Waals surface area contributed by atoms with Gasteiger partial charge in [0, 0.05) is 40.2 Å². The van der Waals surface area contributed by atoms with Crippen LogP contribution in [0.5, 0.6) is 0 Å². The number of hydrogen-bond acceptors (Lipinski definition) is 3. The Kier molecular flexibility index (Phi) is 2.86. The third kappa shape index (κ3) is 2.35. The first-order chi connectivity index (χ1) is 6.74. The zero-order valence-electron chi connectivity index (χ0n) is 8.25. The minimum absolute atomic E-state index is 0.429. The number of aromatic amines is 1. The lowest BCUT2D eigenvalue weighted by Gasteiger charge is -2.21. The Labute approximate surface area is 86.0 Å². The molecule has 2 N–H and O–H groups in total. The van der Waals surface area contributed by atoms with Crippen molar-refractivity contribution in [2.24, 2.45) is 0 Å². The molecular weight excluding hydrogens is 198 g/mol. The molecule has 0 bridgehead atoms. The number of nitrogens with zero attached hydrogens (tertiary/aromatic N) is 1. The van der Waals surface area contributed by atoms with Crippen molar-refractivity contribution in [2.75, 3.05) is 16.8 Å². The van der Waals surface area contributed by atoms with Crippen LogP contribution in [0.2, 0.25) is 0 Å². The molecular formula is C9H15N3OS. The predicted molar refractivity (Wildman–Crippen MR) is 57.8 cm³/mol. The molecule has 5 heteroatoms. The van der Waals surface area contributed by atoms with Crippen molar-refractivity contribution in [3.8, 4) is 0 Å². The quantitative estimate of drug-likeness (QED) is 0.771. The third-order valence-corrected chi connectivity index (χ3v) is 3.81. The molecule has 0 radical (unpaired) electrons. The molecule has 0 atom stereocenters. The monoisotopic (exact) mass is 213 g/mol. The van der Waals surface area contributed by atoms with Crippen LogP contribution in [-0.4, -0.2) is 31.7 Å². The van der Waals surface area contributed by atoms with Crippen LogP contribution in [0.1, 0.15) is 18.5 Å². The number of imidazole rings is 1. The largest absolute Gasteiger partial charge is 0.353 e. The van der Waals surface area contributed by atoms with Gasteiger partial charge in [-0.05, 0) is 19.8 Å². The lowest BCUT2D eigenvalue weighted by molar-refractivity contribution is 0.621. The molecule has 0 aliphatic carbocycles. The van der Waals surface area contributed by atoms with E-state index in [1.807, 2.05) is 13.1 Å². The summed E-state index contributed by atoms with van der Waals surface area (Å²) in [5.41, 5.74) is 1.06. The Morgan fingerprint density at radius 2 is 2.29 bits per heavy atom. The van der Waals surface area contributed by atoms with Gasteiger partial charge in [0.1, 0.15) is 0 Å². The number of aromatic nitrogens is 2.